The number of halogens is 2. The Morgan fingerprint density at radius 1 is 1.22 bits per heavy atom. The normalized spacial score (nSPS) is 26.2. The zero-order valence-electron chi connectivity index (χ0n) is 20.7. The van der Waals surface area contributed by atoms with Gasteiger partial charge in [0.2, 0.25) is 5.95 Å². The van der Waals surface area contributed by atoms with Gasteiger partial charge in [0, 0.05) is 50.2 Å². The maximum absolute atomic E-state index is 14.1. The number of nitrogens with one attached hydrogen (secondary N) is 1. The summed E-state index contributed by atoms with van der Waals surface area (Å²) in [4.78, 5) is 15.7. The van der Waals surface area contributed by atoms with E-state index in [2.05, 4.69) is 44.9 Å². The second kappa shape index (κ2) is 9.33. The number of H-pyrrole nitrogens is 1. The number of nitriles is 1. The van der Waals surface area contributed by atoms with Gasteiger partial charge in [-0.25, -0.2) is 9.37 Å². The van der Waals surface area contributed by atoms with Gasteiger partial charge in [-0.3, -0.25) is 0 Å². The van der Waals surface area contributed by atoms with Crippen molar-refractivity contribution in [3.05, 3.63) is 58.4 Å². The van der Waals surface area contributed by atoms with Crippen LogP contribution in [-0.4, -0.2) is 72.1 Å². The molecule has 0 spiro atoms. The maximum atomic E-state index is 14.1. The van der Waals surface area contributed by atoms with Crippen molar-refractivity contribution in [2.75, 3.05) is 51.2 Å². The number of nitrogens with zero attached hydrogens (tertiary/aromatic N) is 5. The molecular formula is C28H32ClFN6. The molecule has 2 aromatic carbocycles. The first-order valence-electron chi connectivity index (χ1n) is 13.0. The predicted octanol–water partition coefficient (Wildman–Crippen LogP) is 4.79. The number of hydrogen-bond acceptors (Lipinski definition) is 5. The fraction of sp³-hybridized carbons (Fsp3) is 0.500. The van der Waals surface area contributed by atoms with Gasteiger partial charge in [-0.05, 0) is 69.0 Å². The summed E-state index contributed by atoms with van der Waals surface area (Å²) in [6.07, 6.45) is 4.47. The van der Waals surface area contributed by atoms with Crippen LogP contribution in [0.15, 0.2) is 36.4 Å². The van der Waals surface area contributed by atoms with Gasteiger partial charge in [-0.1, -0.05) is 23.7 Å². The van der Waals surface area contributed by atoms with Crippen LogP contribution < -0.4 is 4.90 Å². The molecule has 0 unspecified atom stereocenters. The van der Waals surface area contributed by atoms with E-state index in [0.717, 1.165) is 64.5 Å². The van der Waals surface area contributed by atoms with E-state index >= 15 is 0 Å². The fourth-order valence-corrected chi connectivity index (χ4v) is 6.71. The van der Waals surface area contributed by atoms with Crippen molar-refractivity contribution < 1.29 is 4.39 Å². The highest BCUT2D eigenvalue weighted by molar-refractivity contribution is 6.31. The Labute approximate surface area is 216 Å². The molecule has 2 heterocycles. The largest absolute Gasteiger partial charge is 0.339 e. The summed E-state index contributed by atoms with van der Waals surface area (Å²) < 4.78 is 14.1. The molecule has 2 aliphatic carbocycles. The second-order valence-corrected chi connectivity index (χ2v) is 11.2. The molecule has 3 fully saturated rings. The lowest BCUT2D eigenvalue weighted by molar-refractivity contribution is 0.153. The Balaban J connectivity index is 1.24. The number of benzene rings is 2. The minimum Gasteiger partial charge on any atom is -0.339 e. The van der Waals surface area contributed by atoms with Crippen LogP contribution in [0.25, 0.3) is 11.0 Å². The Hall–Kier alpha value is -2.66. The quantitative estimate of drug-likeness (QED) is 0.499. The monoisotopic (exact) mass is 506 g/mol. The van der Waals surface area contributed by atoms with Gasteiger partial charge in [0.05, 0.1) is 27.7 Å². The average molecular weight is 507 g/mol. The van der Waals surface area contributed by atoms with Crippen LogP contribution in [0.1, 0.15) is 36.8 Å². The van der Waals surface area contributed by atoms with Gasteiger partial charge in [0.1, 0.15) is 5.82 Å². The van der Waals surface area contributed by atoms with Gasteiger partial charge in [0.15, 0.2) is 0 Å². The Morgan fingerprint density at radius 2 is 2.00 bits per heavy atom. The van der Waals surface area contributed by atoms with E-state index in [-0.39, 0.29) is 10.4 Å². The molecule has 1 N–H and O–H groups in total. The van der Waals surface area contributed by atoms with Crippen molar-refractivity contribution in [2.45, 2.75) is 37.1 Å². The standard InChI is InChI=1S/C28H32ClFN6/c1-34-11-13-35(14-12-34)9-2-10-36(27-32-24-15-22(29)23(30)16-25(24)33-27)26-7-8-28(17-21(26)28)20-5-3-19(18-31)4-6-20/h3-6,15-16,21,26H,2,7-14,17H2,1H3,(H,32,33)/t21-,26-,28-/m1/s1. The number of fused-ring (bicyclic) bond motifs is 2. The molecule has 0 amide bonds. The molecule has 1 aromatic heterocycles. The van der Waals surface area contributed by atoms with Crippen LogP contribution in [-0.2, 0) is 5.41 Å². The third-order valence-corrected chi connectivity index (χ3v) is 9.02. The summed E-state index contributed by atoms with van der Waals surface area (Å²) >= 11 is 6.05. The Kier molecular flexibility index (Phi) is 6.15. The molecule has 6 rings (SSSR count). The number of hydrogen-bond donors (Lipinski definition) is 1. The van der Waals surface area contributed by atoms with Gasteiger partial charge < -0.3 is 19.7 Å². The molecule has 2 saturated carbocycles. The molecule has 188 valence electrons. The maximum Gasteiger partial charge on any atom is 0.204 e. The molecule has 3 aromatic rings. The predicted molar refractivity (Wildman–Crippen MR) is 141 cm³/mol. The molecule has 6 nitrogen and oxygen atoms in total. The van der Waals surface area contributed by atoms with E-state index in [1.165, 1.54) is 18.1 Å². The number of aromatic nitrogens is 2. The first kappa shape index (κ1) is 23.7. The molecule has 3 aliphatic rings. The van der Waals surface area contributed by atoms with Crippen LogP contribution >= 0.6 is 11.6 Å². The van der Waals surface area contributed by atoms with E-state index < -0.39 is 5.82 Å². The Morgan fingerprint density at radius 3 is 2.72 bits per heavy atom. The van der Waals surface area contributed by atoms with E-state index in [0.29, 0.717) is 28.6 Å². The average Bonchev–Trinajstić information content (AvgIpc) is 3.30. The molecule has 8 heteroatoms. The van der Waals surface area contributed by atoms with Crippen LogP contribution in [0.3, 0.4) is 0 Å². The fourth-order valence-electron chi connectivity index (χ4n) is 6.55. The summed E-state index contributed by atoms with van der Waals surface area (Å²) in [5.41, 5.74) is 3.65. The summed E-state index contributed by atoms with van der Waals surface area (Å²) in [6.45, 7) is 6.46. The lowest BCUT2D eigenvalue weighted by Gasteiger charge is -2.34. The summed E-state index contributed by atoms with van der Waals surface area (Å²) in [5, 5.41) is 9.29. The molecular weight excluding hydrogens is 475 g/mol. The van der Waals surface area contributed by atoms with Gasteiger partial charge >= 0.3 is 0 Å². The molecule has 0 bridgehead atoms. The van der Waals surface area contributed by atoms with Crippen LogP contribution in [0.2, 0.25) is 5.02 Å². The highest BCUT2D eigenvalue weighted by Crippen LogP contribution is 2.65. The number of piperazine rings is 1. The zero-order valence-corrected chi connectivity index (χ0v) is 21.4. The van der Waals surface area contributed by atoms with Gasteiger partial charge in [-0.15, -0.1) is 0 Å². The summed E-state index contributed by atoms with van der Waals surface area (Å²) in [7, 11) is 2.19. The van der Waals surface area contributed by atoms with Gasteiger partial charge in [0.25, 0.3) is 0 Å². The molecule has 36 heavy (non-hydrogen) atoms. The second-order valence-electron chi connectivity index (χ2n) is 10.8. The molecule has 3 atom stereocenters. The number of likely N-dealkylation sites (N-methyl/N-ethyl adjacent to an activating group) is 1. The highest BCUT2D eigenvalue weighted by atomic mass is 35.5. The SMILES string of the molecule is CN1CCN(CCCN(c2nc3cc(Cl)c(F)cc3[nH]2)[C@@H]2CC[C@]3(c4ccc(C#N)cc4)C[C@H]23)CC1. The van der Waals surface area contributed by atoms with Gasteiger partial charge in [-0.2, -0.15) is 5.26 Å². The van der Waals surface area contributed by atoms with Crippen molar-refractivity contribution in [1.29, 1.82) is 5.26 Å². The third kappa shape index (κ3) is 4.26. The summed E-state index contributed by atoms with van der Waals surface area (Å²) in [6, 6.07) is 13.8. The smallest absolute Gasteiger partial charge is 0.204 e. The molecule has 1 saturated heterocycles. The molecule has 1 aliphatic heterocycles. The van der Waals surface area contributed by atoms with Crippen molar-refractivity contribution in [3.8, 4) is 6.07 Å². The number of anilines is 1. The lowest BCUT2D eigenvalue weighted by atomic mass is 9.93. The summed E-state index contributed by atoms with van der Waals surface area (Å²) in [5.74, 6) is 0.948. The van der Waals surface area contributed by atoms with Crippen LogP contribution in [0, 0.1) is 23.1 Å². The number of rotatable bonds is 7. The van der Waals surface area contributed by atoms with Crippen LogP contribution in [0.5, 0.6) is 0 Å². The van der Waals surface area contributed by atoms with E-state index in [4.69, 9.17) is 16.6 Å². The Bertz CT molecular complexity index is 1250. The van der Waals surface area contributed by atoms with E-state index in [9.17, 15) is 9.65 Å². The van der Waals surface area contributed by atoms with Crippen molar-refractivity contribution in [3.63, 3.8) is 0 Å². The van der Waals surface area contributed by atoms with Crippen LogP contribution in [0.4, 0.5) is 10.3 Å². The first-order valence-corrected chi connectivity index (χ1v) is 13.4. The molecule has 0 radical (unpaired) electrons. The number of aromatic amines is 1. The zero-order chi connectivity index (χ0) is 24.9. The first-order chi connectivity index (χ1) is 17.5. The van der Waals surface area contributed by atoms with Crippen molar-refractivity contribution in [2.24, 2.45) is 5.92 Å². The highest BCUT2D eigenvalue weighted by Gasteiger charge is 2.63. The minimum atomic E-state index is -0.427. The third-order valence-electron chi connectivity index (χ3n) is 8.73. The minimum absolute atomic E-state index is 0.102. The van der Waals surface area contributed by atoms with Crippen molar-refractivity contribution >= 4 is 28.6 Å². The topological polar surface area (TPSA) is 62.2 Å². The van der Waals surface area contributed by atoms with E-state index in [1.54, 1.807) is 6.07 Å². The van der Waals surface area contributed by atoms with Crippen molar-refractivity contribution in [1.82, 2.24) is 19.8 Å². The van der Waals surface area contributed by atoms with E-state index in [1.807, 2.05) is 12.1 Å². The number of imidazole rings is 1. The lowest BCUT2D eigenvalue weighted by Crippen LogP contribution is -2.45.